The molecular formula is C19H33NO4Si. The summed E-state index contributed by atoms with van der Waals surface area (Å²) in [5.74, 6) is 0. The molecular weight excluding hydrogens is 334 g/mol. The van der Waals surface area contributed by atoms with E-state index in [1.807, 2.05) is 37.3 Å². The number of benzene rings is 1. The number of carbonyl (C=O) groups excluding carboxylic acids is 1. The summed E-state index contributed by atoms with van der Waals surface area (Å²) in [4.78, 5) is 13.8. The summed E-state index contributed by atoms with van der Waals surface area (Å²) in [7, 11) is -2.02. The highest BCUT2D eigenvalue weighted by atomic mass is 28.4. The molecule has 0 heterocycles. The molecule has 0 spiro atoms. The Morgan fingerprint density at radius 2 is 1.84 bits per heavy atom. The van der Waals surface area contributed by atoms with Crippen molar-refractivity contribution in [3.8, 4) is 0 Å². The predicted octanol–water partition coefficient (Wildman–Crippen LogP) is 4.38. The smallest absolute Gasteiger partial charge is 0.410 e. The van der Waals surface area contributed by atoms with Gasteiger partial charge in [0.15, 0.2) is 8.32 Å². The lowest BCUT2D eigenvalue weighted by Crippen LogP contribution is -2.45. The van der Waals surface area contributed by atoms with Crippen LogP contribution in [0.15, 0.2) is 30.3 Å². The van der Waals surface area contributed by atoms with Gasteiger partial charge in [-0.05, 0) is 30.6 Å². The van der Waals surface area contributed by atoms with Gasteiger partial charge in [-0.3, -0.25) is 0 Å². The monoisotopic (exact) mass is 367 g/mol. The molecule has 0 saturated carbocycles. The van der Waals surface area contributed by atoms with Gasteiger partial charge in [-0.25, -0.2) is 4.79 Å². The molecule has 1 rings (SSSR count). The van der Waals surface area contributed by atoms with Crippen molar-refractivity contribution in [1.82, 2.24) is 4.90 Å². The molecule has 5 nitrogen and oxygen atoms in total. The summed E-state index contributed by atoms with van der Waals surface area (Å²) in [6.07, 6.45) is -0.858. The molecule has 0 aromatic heterocycles. The van der Waals surface area contributed by atoms with Crippen molar-refractivity contribution in [3.63, 3.8) is 0 Å². The normalized spacial score (nSPS) is 13.4. The van der Waals surface area contributed by atoms with Gasteiger partial charge in [-0.1, -0.05) is 51.1 Å². The number of hydrogen-bond donors (Lipinski definition) is 1. The quantitative estimate of drug-likeness (QED) is 0.547. The zero-order chi connectivity index (χ0) is 19.1. The SMILES string of the molecule is CCN(CCC(O)O[Si](C)(C)C(C)(C)C)C(=O)OCc1ccccc1. The van der Waals surface area contributed by atoms with Gasteiger partial charge in [0.2, 0.25) is 0 Å². The maximum atomic E-state index is 12.2. The zero-order valence-electron chi connectivity index (χ0n) is 16.4. The topological polar surface area (TPSA) is 59.0 Å². The van der Waals surface area contributed by atoms with E-state index >= 15 is 0 Å². The zero-order valence-corrected chi connectivity index (χ0v) is 17.4. The lowest BCUT2D eigenvalue weighted by molar-refractivity contribution is -0.0386. The van der Waals surface area contributed by atoms with Crippen LogP contribution in [0.3, 0.4) is 0 Å². The molecule has 0 radical (unpaired) electrons. The van der Waals surface area contributed by atoms with Crippen LogP contribution in [-0.4, -0.2) is 43.8 Å². The van der Waals surface area contributed by atoms with Gasteiger partial charge in [0.05, 0.1) is 0 Å². The molecule has 1 aromatic carbocycles. The molecule has 0 bridgehead atoms. The van der Waals surface area contributed by atoms with Gasteiger partial charge in [0, 0.05) is 19.5 Å². The first-order chi connectivity index (χ1) is 11.6. The highest BCUT2D eigenvalue weighted by Gasteiger charge is 2.38. The van der Waals surface area contributed by atoms with E-state index in [0.29, 0.717) is 19.5 Å². The van der Waals surface area contributed by atoms with Gasteiger partial charge in [0.25, 0.3) is 0 Å². The first-order valence-electron chi connectivity index (χ1n) is 8.88. The average Bonchev–Trinajstić information content (AvgIpc) is 2.53. The number of nitrogens with zero attached hydrogens (tertiary/aromatic N) is 1. The summed E-state index contributed by atoms with van der Waals surface area (Å²) in [6.45, 7) is 13.7. The van der Waals surface area contributed by atoms with Crippen LogP contribution in [0.4, 0.5) is 4.79 Å². The second kappa shape index (κ2) is 9.36. The van der Waals surface area contributed by atoms with Crippen molar-refractivity contribution in [2.45, 2.75) is 65.1 Å². The Morgan fingerprint density at radius 3 is 2.36 bits per heavy atom. The highest BCUT2D eigenvalue weighted by Crippen LogP contribution is 2.37. The molecule has 0 aliphatic rings. The number of ether oxygens (including phenoxy) is 1. The van der Waals surface area contributed by atoms with Gasteiger partial charge >= 0.3 is 6.09 Å². The van der Waals surface area contributed by atoms with Crippen LogP contribution in [-0.2, 0) is 15.8 Å². The van der Waals surface area contributed by atoms with Crippen molar-refractivity contribution in [2.24, 2.45) is 0 Å². The van der Waals surface area contributed by atoms with E-state index in [9.17, 15) is 9.90 Å². The second-order valence-electron chi connectivity index (χ2n) is 7.74. The number of aliphatic hydroxyl groups is 1. The summed E-state index contributed by atoms with van der Waals surface area (Å²) >= 11 is 0. The highest BCUT2D eigenvalue weighted by molar-refractivity contribution is 6.74. The average molecular weight is 368 g/mol. The molecule has 6 heteroatoms. The molecule has 142 valence electrons. The molecule has 0 saturated heterocycles. The third-order valence-corrected chi connectivity index (χ3v) is 9.20. The molecule has 1 atom stereocenters. The first kappa shape index (κ1) is 21.7. The Morgan fingerprint density at radius 1 is 1.24 bits per heavy atom. The fraction of sp³-hybridized carbons (Fsp3) is 0.632. The van der Waals surface area contributed by atoms with E-state index in [4.69, 9.17) is 9.16 Å². The number of carbonyl (C=O) groups is 1. The number of rotatable bonds is 8. The first-order valence-corrected chi connectivity index (χ1v) is 11.8. The molecule has 0 aliphatic carbocycles. The van der Waals surface area contributed by atoms with Crippen LogP contribution in [0, 0.1) is 0 Å². The number of amides is 1. The largest absolute Gasteiger partial charge is 0.445 e. The Balaban J connectivity index is 2.45. The Labute approximate surface area is 153 Å². The fourth-order valence-electron chi connectivity index (χ4n) is 2.03. The van der Waals surface area contributed by atoms with Crippen molar-refractivity contribution in [3.05, 3.63) is 35.9 Å². The van der Waals surface area contributed by atoms with Crippen molar-refractivity contribution in [2.75, 3.05) is 13.1 Å². The number of hydrogen-bond acceptors (Lipinski definition) is 4. The van der Waals surface area contributed by atoms with E-state index in [2.05, 4.69) is 33.9 Å². The molecule has 1 amide bonds. The number of aliphatic hydroxyl groups excluding tert-OH is 1. The van der Waals surface area contributed by atoms with Crippen molar-refractivity contribution in [1.29, 1.82) is 0 Å². The predicted molar refractivity (Wildman–Crippen MR) is 103 cm³/mol. The lowest BCUT2D eigenvalue weighted by Gasteiger charge is -2.38. The summed E-state index contributed by atoms with van der Waals surface area (Å²) in [5.41, 5.74) is 0.952. The van der Waals surface area contributed by atoms with Crippen LogP contribution < -0.4 is 0 Å². The molecule has 1 unspecified atom stereocenters. The van der Waals surface area contributed by atoms with E-state index < -0.39 is 14.6 Å². The van der Waals surface area contributed by atoms with Gasteiger partial charge < -0.3 is 19.2 Å². The molecule has 0 fully saturated rings. The van der Waals surface area contributed by atoms with Crippen LogP contribution in [0.1, 0.15) is 39.7 Å². The van der Waals surface area contributed by atoms with Crippen LogP contribution in [0.5, 0.6) is 0 Å². The third-order valence-electron chi connectivity index (χ3n) is 4.73. The maximum absolute atomic E-state index is 12.2. The Hall–Kier alpha value is -1.37. The second-order valence-corrected chi connectivity index (χ2v) is 12.5. The Bertz CT molecular complexity index is 528. The summed E-state index contributed by atoms with van der Waals surface area (Å²) in [5, 5.41) is 10.3. The van der Waals surface area contributed by atoms with Gasteiger partial charge in [-0.15, -0.1) is 0 Å². The van der Waals surface area contributed by atoms with Crippen LogP contribution in [0.2, 0.25) is 18.1 Å². The minimum absolute atomic E-state index is 0.0348. The molecule has 1 N–H and O–H groups in total. The van der Waals surface area contributed by atoms with Gasteiger partial charge in [-0.2, -0.15) is 0 Å². The van der Waals surface area contributed by atoms with Crippen LogP contribution >= 0.6 is 0 Å². The van der Waals surface area contributed by atoms with Crippen molar-refractivity contribution >= 4 is 14.4 Å². The van der Waals surface area contributed by atoms with E-state index in [1.165, 1.54) is 0 Å². The van der Waals surface area contributed by atoms with Gasteiger partial charge in [0.1, 0.15) is 12.9 Å². The van der Waals surface area contributed by atoms with E-state index in [0.717, 1.165) is 5.56 Å². The van der Waals surface area contributed by atoms with Crippen molar-refractivity contribution < 1.29 is 19.1 Å². The lowest BCUT2D eigenvalue weighted by atomic mass is 10.2. The third kappa shape index (κ3) is 7.18. The standard InChI is InChI=1S/C19H33NO4Si/c1-7-20(18(22)23-15-16-11-9-8-10-12-16)14-13-17(21)24-25(5,6)19(2,3)4/h8-12,17,21H,7,13-15H2,1-6H3. The summed E-state index contributed by atoms with van der Waals surface area (Å²) < 4.78 is 11.3. The minimum atomic E-state index is -2.02. The summed E-state index contributed by atoms with van der Waals surface area (Å²) in [6, 6.07) is 9.58. The molecule has 1 aromatic rings. The van der Waals surface area contributed by atoms with E-state index in [-0.39, 0.29) is 17.7 Å². The van der Waals surface area contributed by atoms with E-state index in [1.54, 1.807) is 4.90 Å². The maximum Gasteiger partial charge on any atom is 0.410 e. The molecule has 0 aliphatic heterocycles. The minimum Gasteiger partial charge on any atom is -0.445 e. The fourth-order valence-corrected chi connectivity index (χ4v) is 3.18. The Kier molecular flexibility index (Phi) is 8.11. The molecule has 25 heavy (non-hydrogen) atoms. The van der Waals surface area contributed by atoms with Crippen LogP contribution in [0.25, 0.3) is 0 Å².